The maximum absolute atomic E-state index is 12.1. The molecule has 11 heteroatoms. The first kappa shape index (κ1) is 40.2. The van der Waals surface area contributed by atoms with E-state index < -0.39 is 61.8 Å². The smallest absolute Gasteiger partial charge is 0.305 e. The van der Waals surface area contributed by atoms with E-state index in [9.17, 15) is 30.3 Å². The van der Waals surface area contributed by atoms with Gasteiger partial charge in [-0.15, -0.1) is 0 Å². The van der Waals surface area contributed by atoms with Crippen LogP contribution in [0.25, 0.3) is 0 Å². The van der Waals surface area contributed by atoms with Crippen LogP contribution in [0, 0.1) is 0 Å². The first-order chi connectivity index (χ1) is 22.4. The van der Waals surface area contributed by atoms with Gasteiger partial charge in [-0.05, 0) is 44.9 Å². The Kier molecular flexibility index (Phi) is 22.0. The van der Waals surface area contributed by atoms with Crippen LogP contribution in [-0.4, -0.2) is 107 Å². The van der Waals surface area contributed by atoms with Crippen LogP contribution >= 0.6 is 0 Å². The predicted molar refractivity (Wildman–Crippen MR) is 174 cm³/mol. The number of esters is 1. The highest BCUT2D eigenvalue weighted by Crippen LogP contribution is 2.28. The molecule has 5 N–H and O–H groups in total. The molecule has 2 aliphatic heterocycles. The highest BCUT2D eigenvalue weighted by Gasteiger charge is 2.39. The number of hydrogen-bond donors (Lipinski definition) is 5. The van der Waals surface area contributed by atoms with Gasteiger partial charge in [-0.1, -0.05) is 68.4 Å². The topological polar surface area (TPSA) is 164 Å². The van der Waals surface area contributed by atoms with E-state index in [0.717, 1.165) is 25.7 Å². The molecule has 0 amide bonds. The molecule has 2 aliphatic rings. The number of aliphatic hydroxyl groups is 5. The molecular weight excluding hydrogens is 596 g/mol. The van der Waals surface area contributed by atoms with Gasteiger partial charge in [0.25, 0.3) is 0 Å². The number of unbranched alkanes of at least 4 members (excludes halogenated alkanes) is 4. The van der Waals surface area contributed by atoms with Crippen molar-refractivity contribution in [1.29, 1.82) is 0 Å². The van der Waals surface area contributed by atoms with Crippen molar-refractivity contribution in [3.8, 4) is 0 Å². The third-order valence-electron chi connectivity index (χ3n) is 7.71. The standard InChI is InChI=1S/C35H58O11/c1-2-3-4-5-6-7-8-9-10-11-12-13-14-15-16-17-18-19-32(40)42-25-27(38)26-43-33-21-28(20-29(23-36)45-33)44-34-22-30(39)35(41)31(24-37)46-34/h6-7,9-10,12-13,15-16,27-31,33-39,41H,2-5,8,11,14,17-26H2,1H3/b7-6-,10-9-,13-12-,16-15-/t27?,28-,29-,30+,31+,33+,34+,35-/m0/s1. The fourth-order valence-electron chi connectivity index (χ4n) is 5.09. The number of ether oxygens (including phenoxy) is 5. The lowest BCUT2D eigenvalue weighted by Gasteiger charge is -2.40. The molecule has 11 nitrogen and oxygen atoms in total. The van der Waals surface area contributed by atoms with Gasteiger partial charge >= 0.3 is 5.97 Å². The molecule has 2 fully saturated rings. The Morgan fingerprint density at radius 3 is 2.09 bits per heavy atom. The first-order valence-corrected chi connectivity index (χ1v) is 17.0. The number of aliphatic hydroxyl groups excluding tert-OH is 5. The fraction of sp³-hybridized carbons (Fsp3) is 0.743. The Balaban J connectivity index is 1.53. The summed E-state index contributed by atoms with van der Waals surface area (Å²) in [6, 6.07) is 0. The van der Waals surface area contributed by atoms with Crippen LogP contribution in [0.2, 0.25) is 0 Å². The van der Waals surface area contributed by atoms with E-state index in [1.165, 1.54) is 25.7 Å². The van der Waals surface area contributed by atoms with Gasteiger partial charge in [0.05, 0.1) is 38.1 Å². The van der Waals surface area contributed by atoms with E-state index in [-0.39, 0.29) is 39.1 Å². The minimum Gasteiger partial charge on any atom is -0.463 e. The lowest BCUT2D eigenvalue weighted by molar-refractivity contribution is -0.295. The number of rotatable bonds is 23. The van der Waals surface area contributed by atoms with Gasteiger partial charge in [-0.3, -0.25) is 4.79 Å². The summed E-state index contributed by atoms with van der Waals surface area (Å²) in [7, 11) is 0. The quantitative estimate of drug-likeness (QED) is 0.0619. The number of carbonyl (C=O) groups is 1. The Hall–Kier alpha value is -1.93. The normalized spacial score (nSPS) is 28.2. The summed E-state index contributed by atoms with van der Waals surface area (Å²) in [5.74, 6) is -0.390. The van der Waals surface area contributed by atoms with Gasteiger partial charge in [0.2, 0.25) is 0 Å². The first-order valence-electron chi connectivity index (χ1n) is 17.0. The van der Waals surface area contributed by atoms with Crippen LogP contribution in [0.4, 0.5) is 0 Å². The van der Waals surface area contributed by atoms with Crippen molar-refractivity contribution in [2.75, 3.05) is 26.4 Å². The summed E-state index contributed by atoms with van der Waals surface area (Å²) in [4.78, 5) is 12.1. The predicted octanol–water partition coefficient (Wildman–Crippen LogP) is 3.76. The second-order valence-electron chi connectivity index (χ2n) is 11.8. The zero-order valence-electron chi connectivity index (χ0n) is 27.4. The molecule has 264 valence electrons. The van der Waals surface area contributed by atoms with Gasteiger partial charge < -0.3 is 49.2 Å². The highest BCUT2D eigenvalue weighted by molar-refractivity contribution is 5.69. The van der Waals surface area contributed by atoms with Crippen molar-refractivity contribution in [2.24, 2.45) is 0 Å². The van der Waals surface area contributed by atoms with Gasteiger partial charge in [0.15, 0.2) is 12.6 Å². The summed E-state index contributed by atoms with van der Waals surface area (Å²) in [5, 5.41) is 49.2. The Labute approximate surface area is 274 Å². The fourth-order valence-corrected chi connectivity index (χ4v) is 5.09. The molecular formula is C35H58O11. The van der Waals surface area contributed by atoms with Crippen molar-refractivity contribution in [1.82, 2.24) is 0 Å². The van der Waals surface area contributed by atoms with E-state index in [4.69, 9.17) is 23.7 Å². The lowest BCUT2D eigenvalue weighted by Crippen LogP contribution is -2.52. The lowest BCUT2D eigenvalue weighted by atomic mass is 10.0. The van der Waals surface area contributed by atoms with Crippen molar-refractivity contribution in [2.45, 2.75) is 140 Å². The van der Waals surface area contributed by atoms with Gasteiger partial charge in [0, 0.05) is 25.7 Å². The Morgan fingerprint density at radius 1 is 0.804 bits per heavy atom. The molecule has 0 saturated carbocycles. The van der Waals surface area contributed by atoms with Gasteiger partial charge in [0.1, 0.15) is 24.9 Å². The average Bonchev–Trinajstić information content (AvgIpc) is 3.05. The molecule has 0 bridgehead atoms. The summed E-state index contributed by atoms with van der Waals surface area (Å²) >= 11 is 0. The second-order valence-corrected chi connectivity index (χ2v) is 11.8. The van der Waals surface area contributed by atoms with E-state index in [1.54, 1.807) is 0 Å². The highest BCUT2D eigenvalue weighted by atomic mass is 16.7. The van der Waals surface area contributed by atoms with Crippen molar-refractivity contribution in [3.63, 3.8) is 0 Å². The van der Waals surface area contributed by atoms with Gasteiger partial charge in [-0.25, -0.2) is 0 Å². The third-order valence-corrected chi connectivity index (χ3v) is 7.71. The van der Waals surface area contributed by atoms with Crippen LogP contribution in [0.1, 0.15) is 90.4 Å². The molecule has 0 aromatic rings. The molecule has 0 radical (unpaired) electrons. The summed E-state index contributed by atoms with van der Waals surface area (Å²) < 4.78 is 28.0. The molecule has 8 atom stereocenters. The Morgan fingerprint density at radius 2 is 1.46 bits per heavy atom. The molecule has 0 aromatic heterocycles. The van der Waals surface area contributed by atoms with Crippen molar-refractivity contribution < 1.29 is 54.0 Å². The summed E-state index contributed by atoms with van der Waals surface area (Å²) in [5.41, 5.74) is 0. The molecule has 0 aliphatic carbocycles. The van der Waals surface area contributed by atoms with Crippen LogP contribution in [0.3, 0.4) is 0 Å². The van der Waals surface area contributed by atoms with Gasteiger partial charge in [-0.2, -0.15) is 0 Å². The van der Waals surface area contributed by atoms with Crippen LogP contribution in [-0.2, 0) is 28.5 Å². The summed E-state index contributed by atoms with van der Waals surface area (Å²) in [6.07, 6.45) is 20.3. The third kappa shape index (κ3) is 17.8. The SMILES string of the molecule is CCCCC/C=C\C/C=C\C/C=C\C/C=C\CCCC(=O)OCC(O)CO[C@H]1C[C@@H](O[C@H]2C[C@@H](O)[C@H](O)[C@@H](CO)O2)C[C@@H](CO)O1. The van der Waals surface area contributed by atoms with Crippen LogP contribution in [0.15, 0.2) is 48.6 Å². The number of allylic oxidation sites excluding steroid dienone is 8. The maximum atomic E-state index is 12.1. The zero-order chi connectivity index (χ0) is 33.4. The average molecular weight is 655 g/mol. The second kappa shape index (κ2) is 25.1. The molecule has 2 saturated heterocycles. The van der Waals surface area contributed by atoms with Crippen LogP contribution in [0.5, 0.6) is 0 Å². The molecule has 0 spiro atoms. The number of hydrogen-bond acceptors (Lipinski definition) is 11. The molecule has 46 heavy (non-hydrogen) atoms. The minimum absolute atomic E-state index is 0.0258. The largest absolute Gasteiger partial charge is 0.463 e. The van der Waals surface area contributed by atoms with Crippen molar-refractivity contribution >= 4 is 5.97 Å². The summed E-state index contributed by atoms with van der Waals surface area (Å²) in [6.45, 7) is 1.12. The van der Waals surface area contributed by atoms with Crippen LogP contribution < -0.4 is 0 Å². The van der Waals surface area contributed by atoms with E-state index in [1.807, 2.05) is 0 Å². The maximum Gasteiger partial charge on any atom is 0.305 e. The van der Waals surface area contributed by atoms with E-state index in [2.05, 4.69) is 55.5 Å². The van der Waals surface area contributed by atoms with Crippen molar-refractivity contribution in [3.05, 3.63) is 48.6 Å². The molecule has 2 rings (SSSR count). The Bertz CT molecular complexity index is 905. The minimum atomic E-state index is -1.21. The molecule has 2 heterocycles. The zero-order valence-corrected chi connectivity index (χ0v) is 27.4. The molecule has 1 unspecified atom stereocenters. The molecule has 0 aromatic carbocycles. The number of carbonyl (C=O) groups excluding carboxylic acids is 1. The van der Waals surface area contributed by atoms with E-state index in [0.29, 0.717) is 12.8 Å². The monoisotopic (exact) mass is 654 g/mol. The van der Waals surface area contributed by atoms with E-state index >= 15 is 0 Å².